The van der Waals surface area contributed by atoms with Crippen LogP contribution in [0.5, 0.6) is 0 Å². The fourth-order valence-electron chi connectivity index (χ4n) is 1.20. The number of hydrogen-bond acceptors (Lipinski definition) is 4. The predicted molar refractivity (Wildman–Crippen MR) is 53.5 cm³/mol. The fraction of sp³-hybridized carbons (Fsp3) is 0.375. The van der Waals surface area contributed by atoms with Crippen molar-refractivity contribution in [1.29, 1.82) is 0 Å². The quantitative estimate of drug-likeness (QED) is 0.693. The number of nitrogens with one attached hydrogen (secondary N) is 1. The van der Waals surface area contributed by atoms with Gasteiger partial charge in [0.25, 0.3) is 5.78 Å². The Labute approximate surface area is 85.4 Å². The Morgan fingerprint density at radius 2 is 2.29 bits per heavy atom. The Hall–Kier alpha value is -1.27. The second-order valence-corrected chi connectivity index (χ2v) is 3.57. The molecule has 74 valence electrons. The molecule has 0 amide bonds. The molecule has 5 nitrogen and oxygen atoms in total. The van der Waals surface area contributed by atoms with E-state index in [-0.39, 0.29) is 0 Å². The van der Waals surface area contributed by atoms with Crippen molar-refractivity contribution in [2.24, 2.45) is 0 Å². The normalized spacial score (nSPS) is 13.4. The van der Waals surface area contributed by atoms with E-state index in [9.17, 15) is 5.11 Å². The van der Waals surface area contributed by atoms with Crippen LogP contribution >= 0.6 is 12.2 Å². The average Bonchev–Trinajstić information content (AvgIpc) is 2.47. The van der Waals surface area contributed by atoms with E-state index < -0.39 is 6.10 Å². The van der Waals surface area contributed by atoms with Gasteiger partial charge >= 0.3 is 0 Å². The molecule has 0 radical (unpaired) electrons. The van der Waals surface area contributed by atoms with Crippen LogP contribution in [0.1, 0.15) is 24.5 Å². The Morgan fingerprint density at radius 1 is 1.57 bits per heavy atom. The molecule has 1 unspecified atom stereocenters. The highest BCUT2D eigenvalue weighted by atomic mass is 32.1. The van der Waals surface area contributed by atoms with Crippen LogP contribution in [0.15, 0.2) is 6.07 Å². The number of aromatic amines is 1. The molecule has 2 rings (SSSR count). The van der Waals surface area contributed by atoms with Crippen LogP contribution in [-0.4, -0.2) is 24.7 Å². The molecule has 0 aliphatic carbocycles. The van der Waals surface area contributed by atoms with Crippen LogP contribution in [0.4, 0.5) is 0 Å². The number of hydrogen-bond donors (Lipinski definition) is 2. The monoisotopic (exact) mass is 210 g/mol. The largest absolute Gasteiger partial charge is 0.385 e. The van der Waals surface area contributed by atoms with Gasteiger partial charge in [0.05, 0.1) is 0 Å². The zero-order valence-corrected chi connectivity index (χ0v) is 8.67. The van der Waals surface area contributed by atoms with E-state index in [1.807, 2.05) is 6.92 Å². The molecule has 0 aromatic carbocycles. The zero-order chi connectivity index (χ0) is 10.3. The molecule has 1 atom stereocenters. The van der Waals surface area contributed by atoms with Gasteiger partial charge in [-0.05, 0) is 19.9 Å². The van der Waals surface area contributed by atoms with Gasteiger partial charge in [-0.25, -0.2) is 9.50 Å². The molecule has 0 aliphatic rings. The molecule has 0 spiro atoms. The SMILES string of the molecule is Cc1cc(=S)n2[nH]c(C(C)O)nc2n1. The molecular formula is C8H10N4OS. The van der Waals surface area contributed by atoms with Crippen LogP contribution in [0.25, 0.3) is 5.78 Å². The number of aliphatic hydroxyl groups is 1. The highest BCUT2D eigenvalue weighted by molar-refractivity contribution is 7.71. The molecule has 2 aromatic rings. The summed E-state index contributed by atoms with van der Waals surface area (Å²) in [6.45, 7) is 3.49. The van der Waals surface area contributed by atoms with E-state index in [1.165, 1.54) is 0 Å². The highest BCUT2D eigenvalue weighted by Gasteiger charge is 2.08. The standard InChI is InChI=1S/C8H10N4OS/c1-4-3-6(14)12-8(9-4)10-7(11-12)5(2)13/h3,5,13H,1-2H3,(H,9,10,11). The number of aliphatic hydroxyl groups excluding tert-OH is 1. The topological polar surface area (TPSA) is 66.2 Å². The predicted octanol–water partition coefficient (Wildman–Crippen LogP) is 1.15. The van der Waals surface area contributed by atoms with Crippen LogP contribution in [-0.2, 0) is 0 Å². The van der Waals surface area contributed by atoms with Gasteiger partial charge in [0, 0.05) is 5.69 Å². The lowest BCUT2D eigenvalue weighted by Crippen LogP contribution is -1.95. The molecule has 6 heteroatoms. The number of aryl methyl sites for hydroxylation is 1. The number of nitrogens with zero attached hydrogens (tertiary/aromatic N) is 3. The zero-order valence-electron chi connectivity index (χ0n) is 7.85. The van der Waals surface area contributed by atoms with Gasteiger partial charge in [-0.2, -0.15) is 4.98 Å². The van der Waals surface area contributed by atoms with Crippen molar-refractivity contribution in [3.05, 3.63) is 22.2 Å². The van der Waals surface area contributed by atoms with Crippen molar-refractivity contribution in [1.82, 2.24) is 19.6 Å². The van der Waals surface area contributed by atoms with Crippen LogP contribution in [0.3, 0.4) is 0 Å². The fourth-order valence-corrected chi connectivity index (χ4v) is 1.49. The smallest absolute Gasteiger partial charge is 0.252 e. The first-order chi connectivity index (χ1) is 6.58. The third kappa shape index (κ3) is 1.42. The van der Waals surface area contributed by atoms with E-state index in [2.05, 4.69) is 15.1 Å². The molecule has 0 fully saturated rings. The van der Waals surface area contributed by atoms with E-state index >= 15 is 0 Å². The maximum absolute atomic E-state index is 9.32. The van der Waals surface area contributed by atoms with Crippen molar-refractivity contribution in [3.8, 4) is 0 Å². The van der Waals surface area contributed by atoms with Crippen molar-refractivity contribution in [2.45, 2.75) is 20.0 Å². The summed E-state index contributed by atoms with van der Waals surface area (Å²) >= 11 is 5.11. The third-order valence-corrected chi connectivity index (χ3v) is 2.17. The van der Waals surface area contributed by atoms with E-state index in [1.54, 1.807) is 17.5 Å². The second kappa shape index (κ2) is 3.14. The molecule has 2 N–H and O–H groups in total. The second-order valence-electron chi connectivity index (χ2n) is 3.16. The van der Waals surface area contributed by atoms with E-state index in [4.69, 9.17) is 12.2 Å². The minimum absolute atomic E-state index is 0.467. The first-order valence-electron chi connectivity index (χ1n) is 4.22. The highest BCUT2D eigenvalue weighted by Crippen LogP contribution is 2.08. The maximum atomic E-state index is 9.32. The summed E-state index contributed by atoms with van der Waals surface area (Å²) in [6.07, 6.45) is -0.647. The van der Waals surface area contributed by atoms with Crippen LogP contribution in [0, 0.1) is 11.6 Å². The Balaban J connectivity index is 2.77. The molecule has 14 heavy (non-hydrogen) atoms. The molecule has 2 aromatic heterocycles. The maximum Gasteiger partial charge on any atom is 0.252 e. The van der Waals surface area contributed by atoms with Crippen molar-refractivity contribution < 1.29 is 5.11 Å². The molecule has 0 saturated carbocycles. The summed E-state index contributed by atoms with van der Waals surface area (Å²) in [4.78, 5) is 8.30. The first kappa shape index (κ1) is 9.29. The summed E-state index contributed by atoms with van der Waals surface area (Å²) < 4.78 is 2.18. The molecule has 0 bridgehead atoms. The third-order valence-electron chi connectivity index (χ3n) is 1.87. The van der Waals surface area contributed by atoms with Crippen LogP contribution in [0.2, 0.25) is 0 Å². The van der Waals surface area contributed by atoms with Crippen molar-refractivity contribution in [3.63, 3.8) is 0 Å². The molecular weight excluding hydrogens is 200 g/mol. The Kier molecular flexibility index (Phi) is 2.09. The first-order valence-corrected chi connectivity index (χ1v) is 4.63. The van der Waals surface area contributed by atoms with Gasteiger partial charge in [-0.1, -0.05) is 12.2 Å². The summed E-state index contributed by atoms with van der Waals surface area (Å²) in [6, 6.07) is 1.77. The minimum Gasteiger partial charge on any atom is -0.385 e. The number of H-pyrrole nitrogens is 1. The summed E-state index contributed by atoms with van der Waals surface area (Å²) in [5.74, 6) is 0.958. The number of fused-ring (bicyclic) bond motifs is 1. The number of rotatable bonds is 1. The van der Waals surface area contributed by atoms with Crippen LogP contribution < -0.4 is 0 Å². The lowest BCUT2D eigenvalue weighted by atomic mass is 10.4. The van der Waals surface area contributed by atoms with E-state index in [0.717, 1.165) is 5.69 Å². The van der Waals surface area contributed by atoms with E-state index in [0.29, 0.717) is 16.2 Å². The lowest BCUT2D eigenvalue weighted by molar-refractivity contribution is 0.189. The van der Waals surface area contributed by atoms with Gasteiger partial charge in [0.15, 0.2) is 5.82 Å². The molecule has 2 heterocycles. The number of aromatic nitrogens is 4. The van der Waals surface area contributed by atoms with Gasteiger partial charge in [0.1, 0.15) is 10.7 Å². The van der Waals surface area contributed by atoms with Crippen molar-refractivity contribution >= 4 is 18.0 Å². The van der Waals surface area contributed by atoms with Gasteiger partial charge in [-0.15, -0.1) is 0 Å². The summed E-state index contributed by atoms with van der Waals surface area (Å²) in [7, 11) is 0. The van der Waals surface area contributed by atoms with Crippen molar-refractivity contribution in [2.75, 3.05) is 0 Å². The summed E-state index contributed by atoms with van der Waals surface area (Å²) in [5.41, 5.74) is 0.818. The van der Waals surface area contributed by atoms with Gasteiger partial charge in [0.2, 0.25) is 0 Å². The van der Waals surface area contributed by atoms with Gasteiger partial charge < -0.3 is 5.11 Å². The van der Waals surface area contributed by atoms with Gasteiger partial charge in [-0.3, -0.25) is 5.10 Å². The minimum atomic E-state index is -0.647. The molecule has 0 saturated heterocycles. The Bertz CT molecular complexity index is 528. The molecule has 0 aliphatic heterocycles. The average molecular weight is 210 g/mol. The summed E-state index contributed by atoms with van der Waals surface area (Å²) in [5, 5.41) is 12.2. The lowest BCUT2D eigenvalue weighted by Gasteiger charge is -1.95. The Morgan fingerprint density at radius 3 is 2.93 bits per heavy atom.